The van der Waals surface area contributed by atoms with Crippen molar-refractivity contribution in [2.75, 3.05) is 63.8 Å². The number of aliphatic imine (C=N–C) groups is 1. The number of H-pyrrole nitrogens is 1. The van der Waals surface area contributed by atoms with E-state index in [1.807, 2.05) is 6.08 Å². The Labute approximate surface area is 209 Å². The predicted octanol–water partition coefficient (Wildman–Crippen LogP) is 1.26. The van der Waals surface area contributed by atoms with E-state index in [9.17, 15) is 13.2 Å². The average molecular weight is 519 g/mol. The topological polar surface area (TPSA) is 129 Å². The summed E-state index contributed by atoms with van der Waals surface area (Å²) in [7, 11) is -1.36. The molecule has 12 heteroatoms. The quantitative estimate of drug-likeness (QED) is 0.245. The van der Waals surface area contributed by atoms with Crippen LogP contribution < -0.4 is 10.6 Å². The van der Waals surface area contributed by atoms with Crippen LogP contribution in [0.1, 0.15) is 25.8 Å². The van der Waals surface area contributed by atoms with Crippen LogP contribution in [-0.2, 0) is 21.0 Å². The van der Waals surface area contributed by atoms with Gasteiger partial charge in [0.05, 0.1) is 46.3 Å². The van der Waals surface area contributed by atoms with Crippen LogP contribution in [0, 0.1) is 12.3 Å². The average Bonchev–Trinajstić information content (AvgIpc) is 3.47. The van der Waals surface area contributed by atoms with Gasteiger partial charge in [0.1, 0.15) is 15.7 Å². The van der Waals surface area contributed by atoms with Crippen LogP contribution in [-0.4, -0.2) is 93.7 Å². The third-order valence-corrected chi connectivity index (χ3v) is 7.31. The van der Waals surface area contributed by atoms with Crippen molar-refractivity contribution in [2.24, 2.45) is 4.99 Å². The molecule has 0 saturated carbocycles. The first kappa shape index (κ1) is 26.5. The molecule has 2 aromatic heterocycles. The molecule has 35 heavy (non-hydrogen) atoms. The lowest BCUT2D eigenvalue weighted by atomic mass is 10.2. The lowest BCUT2D eigenvalue weighted by molar-refractivity contribution is 0.0682. The number of terminal acetylenes is 1. The summed E-state index contributed by atoms with van der Waals surface area (Å²) < 4.78 is 28.3. The number of sulfone groups is 1. The zero-order valence-corrected chi connectivity index (χ0v) is 21.5. The monoisotopic (exact) mass is 518 g/mol. The second kappa shape index (κ2) is 12.5. The van der Waals surface area contributed by atoms with Crippen molar-refractivity contribution in [1.29, 1.82) is 0 Å². The van der Waals surface area contributed by atoms with E-state index < -0.39 is 9.84 Å². The summed E-state index contributed by atoms with van der Waals surface area (Å²) in [5, 5.41) is 12.9. The van der Waals surface area contributed by atoms with E-state index in [1.165, 1.54) is 11.3 Å². The number of rotatable bonds is 10. The van der Waals surface area contributed by atoms with Gasteiger partial charge in [-0.2, -0.15) is 5.10 Å². The number of anilines is 1. The van der Waals surface area contributed by atoms with Gasteiger partial charge in [-0.1, -0.05) is 5.92 Å². The SMILES string of the molecule is C#C/C=C\c1[nH]ncc1CCN=C(c1sc(C(=O)NCCS(C)(=O)=O)cc1NC)N1CCOCC1. The number of aromatic nitrogens is 2. The van der Waals surface area contributed by atoms with Gasteiger partial charge < -0.3 is 20.3 Å². The number of amides is 1. The van der Waals surface area contributed by atoms with Crippen LogP contribution in [0.3, 0.4) is 0 Å². The Bertz CT molecular complexity index is 1220. The second-order valence-electron chi connectivity index (χ2n) is 7.85. The molecule has 10 nitrogen and oxygen atoms in total. The maximum absolute atomic E-state index is 12.7. The zero-order chi connectivity index (χ0) is 25.3. The van der Waals surface area contributed by atoms with Crippen molar-refractivity contribution in [3.05, 3.63) is 39.4 Å². The van der Waals surface area contributed by atoms with Gasteiger partial charge in [-0.15, -0.1) is 17.8 Å². The Balaban J connectivity index is 1.82. The van der Waals surface area contributed by atoms with E-state index >= 15 is 0 Å². The van der Waals surface area contributed by atoms with Gasteiger partial charge in [-0.05, 0) is 30.2 Å². The summed E-state index contributed by atoms with van der Waals surface area (Å²) in [5.74, 6) is 2.85. The van der Waals surface area contributed by atoms with E-state index in [1.54, 1.807) is 25.4 Å². The maximum atomic E-state index is 12.7. The number of nitrogens with one attached hydrogen (secondary N) is 3. The highest BCUT2D eigenvalue weighted by molar-refractivity contribution is 7.90. The number of hydrogen-bond acceptors (Lipinski definition) is 8. The fraction of sp³-hybridized carbons (Fsp3) is 0.435. The summed E-state index contributed by atoms with van der Waals surface area (Å²) in [6.07, 6.45) is 12.3. The Kier molecular flexibility index (Phi) is 9.47. The molecule has 0 spiro atoms. The Morgan fingerprint density at radius 2 is 2.20 bits per heavy atom. The molecule has 1 aliphatic heterocycles. The highest BCUT2D eigenvalue weighted by Gasteiger charge is 2.23. The van der Waals surface area contributed by atoms with E-state index in [2.05, 4.69) is 31.7 Å². The number of thiophene rings is 1. The minimum atomic E-state index is -3.16. The van der Waals surface area contributed by atoms with Gasteiger partial charge in [-0.25, -0.2) is 8.42 Å². The maximum Gasteiger partial charge on any atom is 0.261 e. The number of carbonyl (C=O) groups is 1. The van der Waals surface area contributed by atoms with E-state index in [-0.39, 0.29) is 18.2 Å². The van der Waals surface area contributed by atoms with Crippen molar-refractivity contribution in [3.8, 4) is 12.3 Å². The first-order chi connectivity index (χ1) is 16.8. The Hall–Kier alpha value is -3.14. The van der Waals surface area contributed by atoms with E-state index in [0.29, 0.717) is 44.1 Å². The van der Waals surface area contributed by atoms with Gasteiger partial charge in [0.15, 0.2) is 0 Å². The van der Waals surface area contributed by atoms with E-state index in [4.69, 9.17) is 16.2 Å². The van der Waals surface area contributed by atoms with Crippen molar-refractivity contribution in [1.82, 2.24) is 20.4 Å². The Morgan fingerprint density at radius 3 is 2.89 bits per heavy atom. The molecular formula is C23H30N6O4S2. The number of nitrogens with zero attached hydrogens (tertiary/aromatic N) is 3. The molecule has 1 amide bonds. The van der Waals surface area contributed by atoms with Crippen LogP contribution in [0.15, 0.2) is 23.3 Å². The van der Waals surface area contributed by atoms with Crippen molar-refractivity contribution >= 4 is 44.7 Å². The molecule has 1 aliphatic rings. The smallest absolute Gasteiger partial charge is 0.261 e. The van der Waals surface area contributed by atoms with Gasteiger partial charge in [0, 0.05) is 39.5 Å². The lowest BCUT2D eigenvalue weighted by Gasteiger charge is -2.30. The normalized spacial score (nSPS) is 14.8. The molecule has 0 radical (unpaired) electrons. The predicted molar refractivity (Wildman–Crippen MR) is 140 cm³/mol. The lowest BCUT2D eigenvalue weighted by Crippen LogP contribution is -2.41. The number of morpholine rings is 1. The fourth-order valence-electron chi connectivity index (χ4n) is 3.46. The molecule has 3 rings (SSSR count). The van der Waals surface area contributed by atoms with Crippen molar-refractivity contribution in [2.45, 2.75) is 6.42 Å². The number of carbonyl (C=O) groups excluding carboxylic acids is 1. The molecular weight excluding hydrogens is 488 g/mol. The molecule has 2 aromatic rings. The van der Waals surface area contributed by atoms with Crippen LogP contribution in [0.25, 0.3) is 6.08 Å². The summed E-state index contributed by atoms with van der Waals surface area (Å²) in [4.78, 5) is 21.1. The number of allylic oxidation sites excluding steroid dienone is 1. The molecule has 3 N–H and O–H groups in total. The molecule has 3 heterocycles. The van der Waals surface area contributed by atoms with Gasteiger partial charge >= 0.3 is 0 Å². The zero-order valence-electron chi connectivity index (χ0n) is 19.8. The minimum Gasteiger partial charge on any atom is -0.387 e. The molecule has 0 atom stereocenters. The van der Waals surface area contributed by atoms with E-state index in [0.717, 1.165) is 33.9 Å². The van der Waals surface area contributed by atoms with Crippen molar-refractivity contribution in [3.63, 3.8) is 0 Å². The summed E-state index contributed by atoms with van der Waals surface area (Å²) in [6, 6.07) is 1.77. The summed E-state index contributed by atoms with van der Waals surface area (Å²) in [5.41, 5.74) is 2.65. The summed E-state index contributed by atoms with van der Waals surface area (Å²) in [6.45, 7) is 3.16. The van der Waals surface area contributed by atoms with Crippen LogP contribution in [0.2, 0.25) is 0 Å². The first-order valence-electron chi connectivity index (χ1n) is 11.1. The molecule has 0 aliphatic carbocycles. The molecule has 0 aromatic carbocycles. The second-order valence-corrected chi connectivity index (χ2v) is 11.2. The molecule has 0 unspecified atom stereocenters. The number of aromatic amines is 1. The standard InChI is InChI=1S/C23H30N6O4S2/c1-4-5-6-18-17(16-27-28-18)7-8-25-22(29-10-12-33-13-11-29)21-19(24-2)15-20(34-21)23(30)26-9-14-35(3,31)32/h1,5-6,15-16,24H,7-14H2,2-3H3,(H,26,30)(H,27,28)/b6-5-,25-22?. The third-order valence-electron chi connectivity index (χ3n) is 5.24. The van der Waals surface area contributed by atoms with Crippen LogP contribution in [0.4, 0.5) is 5.69 Å². The third kappa shape index (κ3) is 7.68. The number of hydrogen-bond donors (Lipinski definition) is 3. The highest BCUT2D eigenvalue weighted by Crippen LogP contribution is 2.29. The van der Waals surface area contributed by atoms with Gasteiger partial charge in [0.25, 0.3) is 5.91 Å². The highest BCUT2D eigenvalue weighted by atomic mass is 32.2. The molecule has 1 fully saturated rings. The Morgan fingerprint density at radius 1 is 1.43 bits per heavy atom. The van der Waals surface area contributed by atoms with Crippen LogP contribution >= 0.6 is 11.3 Å². The fourth-order valence-corrected chi connectivity index (χ4v) is 5.05. The van der Waals surface area contributed by atoms with Gasteiger partial charge in [0.2, 0.25) is 0 Å². The number of amidine groups is 1. The molecule has 188 valence electrons. The van der Waals surface area contributed by atoms with Crippen LogP contribution in [0.5, 0.6) is 0 Å². The first-order valence-corrected chi connectivity index (χ1v) is 14.0. The molecule has 1 saturated heterocycles. The molecule has 0 bridgehead atoms. The largest absolute Gasteiger partial charge is 0.387 e. The number of ether oxygens (including phenoxy) is 1. The summed E-state index contributed by atoms with van der Waals surface area (Å²) >= 11 is 1.32. The minimum absolute atomic E-state index is 0.0609. The van der Waals surface area contributed by atoms with Crippen molar-refractivity contribution < 1.29 is 17.9 Å². The van der Waals surface area contributed by atoms with Gasteiger partial charge in [-0.3, -0.25) is 14.9 Å².